The number of fused-ring (bicyclic) bond motifs is 4. The minimum absolute atomic E-state index is 0.00315. The molecule has 0 bridgehead atoms. The van der Waals surface area contributed by atoms with Gasteiger partial charge in [0, 0.05) is 44.1 Å². The van der Waals surface area contributed by atoms with Gasteiger partial charge in [-0.15, -0.1) is 0 Å². The minimum atomic E-state index is -1.72. The molecule has 4 atom stereocenters. The summed E-state index contributed by atoms with van der Waals surface area (Å²) in [5.41, 5.74) is 8.11. The summed E-state index contributed by atoms with van der Waals surface area (Å²) >= 11 is 0. The lowest BCUT2D eigenvalue weighted by Gasteiger charge is -2.20. The predicted octanol–water partition coefficient (Wildman–Crippen LogP) is 3.07. The topological polar surface area (TPSA) is 250 Å². The molecule has 22 heteroatoms. The van der Waals surface area contributed by atoms with Gasteiger partial charge in [0.25, 0.3) is 11.1 Å². The molecule has 4 aromatic heterocycles. The molecule has 0 spiro atoms. The molecule has 8 heterocycles. The van der Waals surface area contributed by atoms with E-state index in [0.29, 0.717) is 100 Å². The van der Waals surface area contributed by atoms with E-state index in [1.165, 1.54) is 29.6 Å². The van der Waals surface area contributed by atoms with Crippen LogP contribution in [0.1, 0.15) is 37.1 Å². The fourth-order valence-corrected chi connectivity index (χ4v) is 8.55. The summed E-state index contributed by atoms with van der Waals surface area (Å²) in [6.07, 6.45) is 1.28. The van der Waals surface area contributed by atoms with E-state index in [-0.39, 0.29) is 92.8 Å². The predicted molar refractivity (Wildman–Crippen MR) is 252 cm³/mol. The number of carbonyl (C=O) groups excluding carboxylic acids is 5. The second kappa shape index (κ2) is 21.7. The zero-order valence-corrected chi connectivity index (χ0v) is 38.7. The molecule has 20 nitrogen and oxygen atoms in total. The summed E-state index contributed by atoms with van der Waals surface area (Å²) in [5, 5.41) is 0. The molecule has 0 aliphatic carbocycles. The summed E-state index contributed by atoms with van der Waals surface area (Å²) in [6.45, 7) is 0.616. The lowest BCUT2D eigenvalue weighted by atomic mass is 10.0. The van der Waals surface area contributed by atoms with Crippen molar-refractivity contribution >= 4 is 63.4 Å². The van der Waals surface area contributed by atoms with Crippen molar-refractivity contribution in [2.24, 2.45) is 11.7 Å². The number of nitrogens with two attached hydrogens (primary N) is 1. The zero-order chi connectivity index (χ0) is 50.3. The lowest BCUT2D eigenvalue weighted by molar-refractivity contribution is -0.122. The molecule has 0 saturated carbocycles. The number of ether oxygens (including phenoxy) is 4. The highest BCUT2D eigenvalue weighted by Crippen LogP contribution is 2.32. The van der Waals surface area contributed by atoms with E-state index in [9.17, 15) is 38.0 Å². The Hall–Kier alpha value is -8.01. The number of amides is 2. The lowest BCUT2D eigenvalue weighted by Crippen LogP contribution is -2.29. The fourth-order valence-electron chi connectivity index (χ4n) is 8.55. The molecule has 2 fully saturated rings. The Morgan fingerprint density at radius 3 is 1.70 bits per heavy atom. The first kappa shape index (κ1) is 49.4. The van der Waals surface area contributed by atoms with Crippen molar-refractivity contribution in [2.45, 2.75) is 70.0 Å². The SMILES string of the molecule is COc1ccc2ncc(=O)n(CC(F)C=O)c2c1.COc1ccc2ncc(=O)n(CC(F)CCC3CC(=O)N(c4ccc5c(n4)CC(=O)CO5)C3)c2c1.NC1CC(=O)N(c2ccc3c(n2)CC(=O)CO3)C1. The highest BCUT2D eigenvalue weighted by Gasteiger charge is 2.33. The normalized spacial score (nSPS) is 18.0. The van der Waals surface area contributed by atoms with Crippen LogP contribution in [0.15, 0.2) is 82.6 Å². The number of alkyl halides is 2. The molecule has 0 radical (unpaired) electrons. The van der Waals surface area contributed by atoms with Gasteiger partial charge in [-0.1, -0.05) is 0 Å². The van der Waals surface area contributed by atoms with Gasteiger partial charge in [-0.25, -0.2) is 28.7 Å². The first-order chi connectivity index (χ1) is 34.2. The van der Waals surface area contributed by atoms with Crippen molar-refractivity contribution in [3.63, 3.8) is 0 Å². The number of pyridine rings is 2. The molecular weight excluding hydrogens is 929 g/mol. The van der Waals surface area contributed by atoms with E-state index in [4.69, 9.17) is 24.7 Å². The van der Waals surface area contributed by atoms with Crippen LogP contribution < -0.4 is 45.6 Å². The summed E-state index contributed by atoms with van der Waals surface area (Å²) in [7, 11) is 3.01. The summed E-state index contributed by atoms with van der Waals surface area (Å²) < 4.78 is 51.6. The Morgan fingerprint density at radius 2 is 1.21 bits per heavy atom. The Bertz CT molecular complexity index is 3150. The third-order valence-electron chi connectivity index (χ3n) is 12.1. The number of hydrogen-bond acceptors (Lipinski definition) is 16. The van der Waals surface area contributed by atoms with E-state index in [1.807, 2.05) is 0 Å². The Morgan fingerprint density at radius 1 is 0.704 bits per heavy atom. The first-order valence-electron chi connectivity index (χ1n) is 22.7. The van der Waals surface area contributed by atoms with Gasteiger partial charge in [-0.2, -0.15) is 0 Å². The van der Waals surface area contributed by atoms with E-state index >= 15 is 4.39 Å². The van der Waals surface area contributed by atoms with Crippen LogP contribution in [-0.4, -0.2) is 118 Å². The number of hydrogen-bond donors (Lipinski definition) is 1. The van der Waals surface area contributed by atoms with Gasteiger partial charge in [-0.3, -0.25) is 38.6 Å². The number of aldehydes is 1. The first-order valence-corrected chi connectivity index (χ1v) is 22.7. The number of aromatic nitrogens is 6. The summed E-state index contributed by atoms with van der Waals surface area (Å²) in [6, 6.07) is 16.9. The monoisotopic (exact) mass is 977 g/mol. The van der Waals surface area contributed by atoms with Crippen molar-refractivity contribution in [3.8, 4) is 23.0 Å². The van der Waals surface area contributed by atoms with Crippen LogP contribution in [0.3, 0.4) is 0 Å². The number of rotatable bonds is 12. The Kier molecular flexibility index (Phi) is 15.1. The van der Waals surface area contributed by atoms with Crippen LogP contribution in [0.2, 0.25) is 0 Å². The second-order valence-electron chi connectivity index (χ2n) is 17.2. The standard InChI is InChI=1S/C25H25FN4O5.C12H11FN2O3.C12H13N3O3/c1-34-18-4-5-19-21(10-18)29(25(33)11-27-19)13-16(26)3-2-15-8-24(32)30(12-15)23-7-6-22-20(28-23)9-17(31)14-35-22;1-18-9-2-3-10-11(4-9)15(6-8(13)7-16)12(17)5-14-10;13-7-3-12(17)15(5-7)11-2-1-10-9(14-11)4-8(16)6-18-10/h4-7,10-11,15-16H,2-3,8-9,12-14H2,1H3;2-5,7-8H,6H2,1H3;1-2,7H,3-6,13H2. The molecule has 4 unspecified atom stereocenters. The average molecular weight is 978 g/mol. The number of carbonyl (C=O) groups is 5. The maximum Gasteiger partial charge on any atom is 0.269 e. The highest BCUT2D eigenvalue weighted by molar-refractivity contribution is 5.96. The van der Waals surface area contributed by atoms with Gasteiger partial charge in [0.05, 0.1) is 86.0 Å². The van der Waals surface area contributed by atoms with Crippen molar-refractivity contribution in [1.82, 2.24) is 29.1 Å². The molecule has 6 aromatic rings. The maximum absolute atomic E-state index is 15.0. The van der Waals surface area contributed by atoms with Crippen LogP contribution in [-0.2, 0) is 49.9 Å². The molecular formula is C49H49F2N9O11. The highest BCUT2D eigenvalue weighted by atomic mass is 19.1. The number of ketones is 2. The van der Waals surface area contributed by atoms with Crippen molar-refractivity contribution in [2.75, 3.05) is 50.3 Å². The molecule has 2 aromatic carbocycles. The number of benzene rings is 2. The number of nitrogens with zero attached hydrogens (tertiary/aromatic N) is 8. The van der Waals surface area contributed by atoms with Crippen molar-refractivity contribution in [1.29, 1.82) is 0 Å². The fraction of sp³-hybridized carbons (Fsp3) is 0.367. The molecule has 4 aliphatic rings. The largest absolute Gasteiger partial charge is 0.497 e. The van der Waals surface area contributed by atoms with Crippen molar-refractivity contribution in [3.05, 3.63) is 105 Å². The van der Waals surface area contributed by atoms with Crippen LogP contribution in [0.5, 0.6) is 23.0 Å². The molecule has 2 N–H and O–H groups in total. The molecule has 10 rings (SSSR count). The van der Waals surface area contributed by atoms with Gasteiger partial charge >= 0.3 is 0 Å². The maximum atomic E-state index is 15.0. The van der Waals surface area contributed by atoms with Crippen LogP contribution in [0.4, 0.5) is 20.4 Å². The van der Waals surface area contributed by atoms with Crippen LogP contribution in [0.25, 0.3) is 22.1 Å². The van der Waals surface area contributed by atoms with Crippen LogP contribution >= 0.6 is 0 Å². The second-order valence-corrected chi connectivity index (χ2v) is 17.2. The number of methoxy groups -OCH3 is 2. The minimum Gasteiger partial charge on any atom is -0.497 e. The van der Waals surface area contributed by atoms with E-state index in [1.54, 1.807) is 70.5 Å². The average Bonchev–Trinajstić information content (AvgIpc) is 3.93. The molecule has 370 valence electrons. The third kappa shape index (κ3) is 11.5. The quantitative estimate of drug-likeness (QED) is 0.173. The van der Waals surface area contributed by atoms with E-state index < -0.39 is 17.9 Å². The number of anilines is 2. The zero-order valence-electron chi connectivity index (χ0n) is 38.7. The van der Waals surface area contributed by atoms with Crippen molar-refractivity contribution < 1.29 is 51.7 Å². The number of Topliss-reactive ketones (excluding diaryl/α,β-unsaturated/α-hetero) is 2. The Labute approximate surface area is 403 Å². The molecule has 2 saturated heterocycles. The van der Waals surface area contributed by atoms with Gasteiger partial charge in [0.1, 0.15) is 54.0 Å². The van der Waals surface area contributed by atoms with Crippen LogP contribution in [0, 0.1) is 5.92 Å². The summed E-state index contributed by atoms with van der Waals surface area (Å²) in [5.74, 6) is 3.11. The molecule has 71 heavy (non-hydrogen) atoms. The smallest absolute Gasteiger partial charge is 0.269 e. The van der Waals surface area contributed by atoms with Gasteiger partial charge < -0.3 is 38.6 Å². The number of halogens is 2. The Balaban J connectivity index is 0.000000158. The molecule has 4 aliphatic heterocycles. The van der Waals surface area contributed by atoms with Gasteiger partial charge in [-0.05, 0) is 67.3 Å². The summed E-state index contributed by atoms with van der Waals surface area (Å²) in [4.78, 5) is 102. The molecule has 2 amide bonds. The third-order valence-corrected chi connectivity index (χ3v) is 12.1. The van der Waals surface area contributed by atoms with Gasteiger partial charge in [0.2, 0.25) is 11.8 Å². The van der Waals surface area contributed by atoms with Gasteiger partial charge in [0.15, 0.2) is 24.0 Å². The van der Waals surface area contributed by atoms with E-state index in [0.717, 1.165) is 6.20 Å². The van der Waals surface area contributed by atoms with E-state index in [2.05, 4.69) is 19.9 Å².